The Balaban J connectivity index is 1.47. The van der Waals surface area contributed by atoms with Gasteiger partial charge in [-0.3, -0.25) is 4.79 Å². The van der Waals surface area contributed by atoms with Gasteiger partial charge >= 0.3 is 0 Å². The van der Waals surface area contributed by atoms with Crippen LogP contribution in [0, 0.1) is 5.82 Å². The molecule has 0 bridgehead atoms. The van der Waals surface area contributed by atoms with Gasteiger partial charge < -0.3 is 24.1 Å². The molecule has 1 amide bonds. The highest BCUT2D eigenvalue weighted by molar-refractivity contribution is 6.12. The fraction of sp³-hybridized carbons (Fsp3) is 0.343. The number of fused-ring (bicyclic) bond motifs is 1. The number of halogens is 1. The molecule has 1 aromatic heterocycles. The van der Waals surface area contributed by atoms with E-state index in [0.717, 1.165) is 40.2 Å². The van der Waals surface area contributed by atoms with Gasteiger partial charge in [-0.1, -0.05) is 62.4 Å². The van der Waals surface area contributed by atoms with E-state index in [1.54, 1.807) is 12.1 Å². The molecule has 2 fully saturated rings. The molecule has 0 saturated carbocycles. The SMILES string of the molecule is CC(C)c1c(C(=O)Nc2ccccc2)c(-c2ccccc2)c(-c2ccc(F)cc2)n1CC[C@@H]1C[C@H]2OC(C)(C)O[C@H]2O1. The van der Waals surface area contributed by atoms with Crippen LogP contribution in [-0.2, 0) is 20.8 Å². The van der Waals surface area contributed by atoms with Gasteiger partial charge in [0.25, 0.3) is 5.91 Å². The maximum atomic E-state index is 14.2. The van der Waals surface area contributed by atoms with E-state index >= 15 is 0 Å². The van der Waals surface area contributed by atoms with Crippen LogP contribution in [0.15, 0.2) is 84.9 Å². The molecule has 1 N–H and O–H groups in total. The Hall–Kier alpha value is -3.78. The third-order valence-electron chi connectivity index (χ3n) is 7.92. The lowest BCUT2D eigenvalue weighted by Gasteiger charge is -2.22. The molecule has 0 unspecified atom stereocenters. The van der Waals surface area contributed by atoms with Gasteiger partial charge in [0.1, 0.15) is 11.9 Å². The Morgan fingerprint density at radius 2 is 1.62 bits per heavy atom. The second-order valence-electron chi connectivity index (χ2n) is 11.8. The smallest absolute Gasteiger partial charge is 0.258 e. The van der Waals surface area contributed by atoms with Crippen LogP contribution in [0.3, 0.4) is 0 Å². The molecular weight excluding hydrogens is 531 g/mol. The first-order chi connectivity index (χ1) is 20.2. The van der Waals surface area contributed by atoms with Gasteiger partial charge in [0.2, 0.25) is 0 Å². The number of benzene rings is 3. The number of ether oxygens (including phenoxy) is 3. The average molecular weight is 569 g/mol. The van der Waals surface area contributed by atoms with Crippen molar-refractivity contribution < 1.29 is 23.4 Å². The summed E-state index contributed by atoms with van der Waals surface area (Å²) in [6.07, 6.45) is 0.925. The Bertz CT molecular complexity index is 1530. The van der Waals surface area contributed by atoms with E-state index in [9.17, 15) is 9.18 Å². The van der Waals surface area contributed by atoms with Gasteiger partial charge in [-0.2, -0.15) is 0 Å². The lowest BCUT2D eigenvalue weighted by Crippen LogP contribution is -2.25. The van der Waals surface area contributed by atoms with Crippen molar-refractivity contribution >= 4 is 11.6 Å². The molecule has 7 heteroatoms. The van der Waals surface area contributed by atoms with Crippen molar-refractivity contribution in [1.82, 2.24) is 4.57 Å². The number of anilines is 1. The molecule has 42 heavy (non-hydrogen) atoms. The van der Waals surface area contributed by atoms with E-state index in [1.165, 1.54) is 12.1 Å². The second kappa shape index (κ2) is 11.5. The zero-order valence-electron chi connectivity index (χ0n) is 24.5. The predicted octanol–water partition coefficient (Wildman–Crippen LogP) is 7.99. The van der Waals surface area contributed by atoms with Crippen LogP contribution in [0.2, 0.25) is 0 Å². The summed E-state index contributed by atoms with van der Waals surface area (Å²) >= 11 is 0. The lowest BCUT2D eigenvalue weighted by atomic mass is 9.94. The molecule has 218 valence electrons. The molecule has 0 radical (unpaired) electrons. The zero-order valence-corrected chi connectivity index (χ0v) is 24.5. The highest BCUT2D eigenvalue weighted by Gasteiger charge is 2.48. The number of carbonyl (C=O) groups excluding carboxylic acids is 1. The fourth-order valence-electron chi connectivity index (χ4n) is 6.25. The Labute approximate surface area is 246 Å². The van der Waals surface area contributed by atoms with Crippen LogP contribution in [0.1, 0.15) is 62.5 Å². The number of aromatic nitrogens is 1. The van der Waals surface area contributed by atoms with Crippen molar-refractivity contribution in [2.45, 2.75) is 77.3 Å². The van der Waals surface area contributed by atoms with E-state index in [-0.39, 0.29) is 36.1 Å². The molecule has 2 aliphatic rings. The highest BCUT2D eigenvalue weighted by atomic mass is 19.1. The number of nitrogens with one attached hydrogen (secondary N) is 1. The number of hydrogen-bond acceptors (Lipinski definition) is 4. The van der Waals surface area contributed by atoms with Crippen molar-refractivity contribution in [1.29, 1.82) is 0 Å². The van der Waals surface area contributed by atoms with Crippen LogP contribution in [0.25, 0.3) is 22.4 Å². The van der Waals surface area contributed by atoms with Gasteiger partial charge in [-0.15, -0.1) is 0 Å². The third kappa shape index (κ3) is 5.64. The first-order valence-corrected chi connectivity index (χ1v) is 14.7. The van der Waals surface area contributed by atoms with Crippen molar-refractivity contribution in [3.8, 4) is 22.4 Å². The molecule has 2 aliphatic heterocycles. The maximum absolute atomic E-state index is 14.2. The molecule has 6 rings (SSSR count). The monoisotopic (exact) mass is 568 g/mol. The lowest BCUT2D eigenvalue weighted by molar-refractivity contribution is -0.205. The van der Waals surface area contributed by atoms with Crippen LogP contribution in [0.5, 0.6) is 0 Å². The van der Waals surface area contributed by atoms with Gasteiger partial charge in [0, 0.05) is 29.9 Å². The van der Waals surface area contributed by atoms with Crippen LogP contribution in [0.4, 0.5) is 10.1 Å². The minimum Gasteiger partial charge on any atom is -0.346 e. The summed E-state index contributed by atoms with van der Waals surface area (Å²) in [6, 6.07) is 26.0. The Morgan fingerprint density at radius 3 is 2.26 bits per heavy atom. The summed E-state index contributed by atoms with van der Waals surface area (Å²) in [6.45, 7) is 8.62. The van der Waals surface area contributed by atoms with Crippen molar-refractivity contribution in [2.24, 2.45) is 0 Å². The van der Waals surface area contributed by atoms with Gasteiger partial charge in [-0.05, 0) is 73.7 Å². The molecule has 0 spiro atoms. The minimum atomic E-state index is -0.646. The maximum Gasteiger partial charge on any atom is 0.258 e. The van der Waals surface area contributed by atoms with E-state index in [0.29, 0.717) is 18.5 Å². The minimum absolute atomic E-state index is 0.0227. The summed E-state index contributed by atoms with van der Waals surface area (Å²) in [7, 11) is 0. The van der Waals surface area contributed by atoms with Crippen LogP contribution < -0.4 is 5.32 Å². The van der Waals surface area contributed by atoms with Gasteiger partial charge in [0.05, 0.1) is 17.4 Å². The van der Waals surface area contributed by atoms with Crippen LogP contribution >= 0.6 is 0 Å². The number of carbonyl (C=O) groups is 1. The van der Waals surface area contributed by atoms with Gasteiger partial charge in [0.15, 0.2) is 12.1 Å². The Kier molecular flexibility index (Phi) is 7.75. The standard InChI is InChI=1S/C35H37FN2O4/c1-22(2)31-30(33(39)37-26-13-9-6-10-14-26)29(23-11-7-5-8-12-23)32(24-15-17-25(36)18-16-24)38(31)20-19-27-21-28-34(40-27)42-35(3,4)41-28/h5-18,22,27-28,34H,19-21H2,1-4H3,(H,37,39)/t27-,28-,34-/m1/s1. The van der Waals surface area contributed by atoms with Crippen molar-refractivity contribution in [3.63, 3.8) is 0 Å². The highest BCUT2D eigenvalue weighted by Crippen LogP contribution is 2.43. The van der Waals surface area contributed by atoms with E-state index in [2.05, 4.69) is 23.7 Å². The molecule has 6 nitrogen and oxygen atoms in total. The topological polar surface area (TPSA) is 61.7 Å². The predicted molar refractivity (Wildman–Crippen MR) is 162 cm³/mol. The second-order valence-corrected chi connectivity index (χ2v) is 11.8. The molecule has 4 aromatic rings. The third-order valence-corrected chi connectivity index (χ3v) is 7.92. The Morgan fingerprint density at radius 1 is 0.952 bits per heavy atom. The van der Waals surface area contributed by atoms with E-state index < -0.39 is 5.79 Å². The number of amides is 1. The largest absolute Gasteiger partial charge is 0.346 e. The molecule has 3 atom stereocenters. The average Bonchev–Trinajstić information content (AvgIpc) is 3.59. The molecule has 2 saturated heterocycles. The van der Waals surface area contributed by atoms with Crippen molar-refractivity contribution in [2.75, 3.05) is 5.32 Å². The summed E-state index contributed by atoms with van der Waals surface area (Å²) in [5, 5.41) is 3.13. The molecule has 0 aliphatic carbocycles. The molecule has 3 aromatic carbocycles. The summed E-state index contributed by atoms with van der Waals surface area (Å²) < 4.78 is 34.6. The zero-order chi connectivity index (χ0) is 29.4. The summed E-state index contributed by atoms with van der Waals surface area (Å²) in [4.78, 5) is 14.2. The van der Waals surface area contributed by atoms with Crippen LogP contribution in [-0.4, -0.2) is 34.8 Å². The van der Waals surface area contributed by atoms with Gasteiger partial charge in [-0.25, -0.2) is 4.39 Å². The molecular formula is C35H37FN2O4. The van der Waals surface area contributed by atoms with E-state index in [1.807, 2.05) is 74.5 Å². The fourth-order valence-corrected chi connectivity index (χ4v) is 6.25. The first kappa shape index (κ1) is 28.3. The molecule has 3 heterocycles. The number of rotatable bonds is 8. The number of para-hydroxylation sites is 1. The summed E-state index contributed by atoms with van der Waals surface area (Å²) in [5.74, 6) is -1.11. The summed E-state index contributed by atoms with van der Waals surface area (Å²) in [5.41, 5.74) is 5.75. The number of hydrogen-bond donors (Lipinski definition) is 1. The first-order valence-electron chi connectivity index (χ1n) is 14.7. The normalized spacial score (nSPS) is 21.0. The van der Waals surface area contributed by atoms with E-state index in [4.69, 9.17) is 14.2 Å². The number of nitrogens with zero attached hydrogens (tertiary/aromatic N) is 1. The van der Waals surface area contributed by atoms with Crippen molar-refractivity contribution in [3.05, 3.63) is 102 Å². The quantitative estimate of drug-likeness (QED) is 0.234.